The van der Waals surface area contributed by atoms with E-state index in [0.29, 0.717) is 24.3 Å². The number of carbonyl (C=O) groups excluding carboxylic acids is 1. The van der Waals surface area contributed by atoms with Gasteiger partial charge in [-0.15, -0.1) is 0 Å². The fraction of sp³-hybridized carbons (Fsp3) is 0.381. The summed E-state index contributed by atoms with van der Waals surface area (Å²) in [6, 6.07) is 7.69. The lowest BCUT2D eigenvalue weighted by Crippen LogP contribution is -2.87. The Kier molecular flexibility index (Phi) is 7.68. The molecule has 182 valence electrons. The fourth-order valence-corrected chi connectivity index (χ4v) is 3.46. The van der Waals surface area contributed by atoms with Gasteiger partial charge in [-0.1, -0.05) is 12.1 Å². The molecule has 0 saturated heterocycles. The average molecular weight is 475 g/mol. The van der Waals surface area contributed by atoms with Crippen molar-refractivity contribution < 1.29 is 34.6 Å². The number of aryl methyl sites for hydroxylation is 2. The zero-order valence-electron chi connectivity index (χ0n) is 18.7. The molecule has 0 spiro atoms. The van der Waals surface area contributed by atoms with Gasteiger partial charge in [0, 0.05) is 27.1 Å². The van der Waals surface area contributed by atoms with Crippen molar-refractivity contribution in [3.63, 3.8) is 0 Å². The Morgan fingerprint density at radius 3 is 2.56 bits per heavy atom. The number of fused-ring (bicyclic) bond motifs is 2. The van der Waals surface area contributed by atoms with Crippen LogP contribution in [0.4, 0.5) is 0 Å². The van der Waals surface area contributed by atoms with Crippen LogP contribution in [-0.4, -0.2) is 61.5 Å². The predicted molar refractivity (Wildman–Crippen MR) is 115 cm³/mol. The molecule has 0 radical (unpaired) electrons. The largest absolute Gasteiger partial charge is 0.539 e. The maximum absolute atomic E-state index is 12.4. The maximum Gasteiger partial charge on any atom is 0.351 e. The molecular weight excluding hydrogens is 450 g/mol. The number of aromatic nitrogens is 4. The molecule has 0 amide bonds. The quantitative estimate of drug-likeness (QED) is 0.279. The van der Waals surface area contributed by atoms with Crippen LogP contribution in [0.1, 0.15) is 6.42 Å². The Balaban J connectivity index is 0.000000481. The topological polar surface area (TPSA) is 174 Å². The number of aliphatic carboxylic acids is 2. The summed E-state index contributed by atoms with van der Waals surface area (Å²) in [5.74, 6) is -2.43. The summed E-state index contributed by atoms with van der Waals surface area (Å²) in [4.78, 5) is 46.7. The summed E-state index contributed by atoms with van der Waals surface area (Å²) in [5.41, 5.74) is 0.201. The van der Waals surface area contributed by atoms with E-state index in [1.54, 1.807) is 13.4 Å². The Hall–Kier alpha value is -4.13. The summed E-state index contributed by atoms with van der Waals surface area (Å²) >= 11 is 0. The van der Waals surface area contributed by atoms with E-state index in [1.165, 1.54) is 11.6 Å². The Morgan fingerprint density at radius 1 is 1.21 bits per heavy atom. The summed E-state index contributed by atoms with van der Waals surface area (Å²) in [7, 11) is 3.11. The number of carbonyl (C=O) groups is 2. The molecule has 1 aromatic carbocycles. The van der Waals surface area contributed by atoms with Gasteiger partial charge < -0.3 is 34.4 Å². The third kappa shape index (κ3) is 5.43. The standard InChI is InChI=1S/C19H23N5O4.C2H2O4/c1-22-17-16(18(25)23(2)19(22)26)24(12-21-17)9-5-8-20-10-13-11-27-14-6-3-4-7-15(14)28-13;3-1(4)2(5)6/h3-4,6-7,12-13,20H,5,8-11H2,1-2H3;(H,3,4)(H,5,6). The van der Waals surface area contributed by atoms with E-state index < -0.39 is 11.9 Å². The van der Waals surface area contributed by atoms with Crippen molar-refractivity contribution in [2.24, 2.45) is 14.1 Å². The van der Waals surface area contributed by atoms with Crippen LogP contribution < -0.4 is 31.1 Å². The summed E-state index contributed by atoms with van der Waals surface area (Å²) in [6.07, 6.45) is 2.51. The molecule has 3 N–H and O–H groups in total. The van der Waals surface area contributed by atoms with Crippen molar-refractivity contribution in [1.82, 2.24) is 18.7 Å². The number of nitrogens with two attached hydrogens (primary N) is 1. The first-order valence-corrected chi connectivity index (χ1v) is 10.5. The van der Waals surface area contributed by atoms with Crippen molar-refractivity contribution in [3.05, 3.63) is 51.4 Å². The van der Waals surface area contributed by atoms with Crippen LogP contribution in [0.25, 0.3) is 11.2 Å². The van der Waals surface area contributed by atoms with E-state index in [1.807, 2.05) is 28.8 Å². The van der Waals surface area contributed by atoms with Gasteiger partial charge >= 0.3 is 11.7 Å². The molecule has 1 aliphatic rings. The average Bonchev–Trinajstić information content (AvgIpc) is 3.25. The molecule has 1 atom stereocenters. The van der Waals surface area contributed by atoms with Gasteiger partial charge in [-0.2, -0.15) is 0 Å². The number of rotatable bonds is 6. The monoisotopic (exact) mass is 475 g/mol. The molecule has 4 rings (SSSR count). The van der Waals surface area contributed by atoms with Crippen molar-refractivity contribution in [1.29, 1.82) is 0 Å². The fourth-order valence-electron chi connectivity index (χ4n) is 3.46. The van der Waals surface area contributed by atoms with Crippen LogP contribution in [0, 0.1) is 0 Å². The lowest BCUT2D eigenvalue weighted by Gasteiger charge is -2.25. The smallest absolute Gasteiger partial charge is 0.351 e. The molecule has 13 heteroatoms. The number of hydrogen-bond acceptors (Lipinski definition) is 8. The summed E-state index contributed by atoms with van der Waals surface area (Å²) in [5, 5.41) is 18.5. The Morgan fingerprint density at radius 2 is 1.88 bits per heavy atom. The van der Waals surface area contributed by atoms with E-state index in [-0.39, 0.29) is 17.4 Å². The first kappa shape index (κ1) is 24.5. The number of imidazole rings is 1. The number of hydrogen-bond donors (Lipinski definition) is 2. The van der Waals surface area contributed by atoms with Crippen LogP contribution in [0.5, 0.6) is 11.5 Å². The second-order valence-electron chi connectivity index (χ2n) is 7.57. The highest BCUT2D eigenvalue weighted by molar-refractivity contribution is 6.26. The number of nitrogens with zero attached hydrogens (tertiary/aromatic N) is 4. The van der Waals surface area contributed by atoms with Crippen LogP contribution in [-0.2, 0) is 30.2 Å². The molecule has 1 aliphatic heterocycles. The van der Waals surface area contributed by atoms with Gasteiger partial charge in [0.2, 0.25) is 0 Å². The van der Waals surface area contributed by atoms with E-state index >= 15 is 0 Å². The highest BCUT2D eigenvalue weighted by atomic mass is 16.6. The van der Waals surface area contributed by atoms with E-state index in [2.05, 4.69) is 10.3 Å². The lowest BCUT2D eigenvalue weighted by atomic mass is 10.2. The number of ether oxygens (including phenoxy) is 2. The first-order chi connectivity index (χ1) is 16.2. The van der Waals surface area contributed by atoms with Crippen molar-refractivity contribution in [2.75, 3.05) is 19.7 Å². The van der Waals surface area contributed by atoms with Gasteiger partial charge in [-0.05, 0) is 12.1 Å². The zero-order valence-corrected chi connectivity index (χ0v) is 18.7. The van der Waals surface area contributed by atoms with Crippen LogP contribution >= 0.6 is 0 Å². The molecule has 0 fully saturated rings. The normalized spacial score (nSPS) is 14.4. The van der Waals surface area contributed by atoms with Crippen molar-refractivity contribution in [2.45, 2.75) is 19.1 Å². The number of carboxylic acids is 2. The van der Waals surface area contributed by atoms with Crippen molar-refractivity contribution in [3.8, 4) is 11.5 Å². The molecule has 2 aromatic heterocycles. The SMILES string of the molecule is Cn1c(=O)c2c(ncn2CCC[NH2+]CC2COc3ccccc3O2)n(C)c1=O.O=C([O-])C(=O)O. The van der Waals surface area contributed by atoms with E-state index in [9.17, 15) is 9.59 Å². The predicted octanol–water partition coefficient (Wildman–Crippen LogP) is -2.95. The van der Waals surface area contributed by atoms with Gasteiger partial charge in [-0.3, -0.25) is 13.9 Å². The number of carboxylic acid groups (broad SMARTS) is 2. The summed E-state index contributed by atoms with van der Waals surface area (Å²) in [6.45, 7) is 2.89. The van der Waals surface area contributed by atoms with Gasteiger partial charge in [-0.25, -0.2) is 14.6 Å². The minimum absolute atomic E-state index is 0.0193. The lowest BCUT2D eigenvalue weighted by molar-refractivity contribution is -0.660. The van der Waals surface area contributed by atoms with Gasteiger partial charge in [0.05, 0.1) is 12.9 Å². The van der Waals surface area contributed by atoms with Crippen molar-refractivity contribution >= 4 is 23.1 Å². The first-order valence-electron chi connectivity index (χ1n) is 10.5. The molecule has 0 bridgehead atoms. The van der Waals surface area contributed by atoms with Crippen LogP contribution in [0.15, 0.2) is 40.2 Å². The highest BCUT2D eigenvalue weighted by Crippen LogP contribution is 2.30. The van der Waals surface area contributed by atoms with Gasteiger partial charge in [0.1, 0.15) is 13.2 Å². The third-order valence-corrected chi connectivity index (χ3v) is 5.20. The summed E-state index contributed by atoms with van der Waals surface area (Å²) < 4.78 is 16.0. The number of benzene rings is 1. The minimum Gasteiger partial charge on any atom is -0.539 e. The maximum atomic E-state index is 12.4. The number of quaternary nitrogens is 1. The molecule has 3 aromatic rings. The van der Waals surface area contributed by atoms with E-state index in [4.69, 9.17) is 29.3 Å². The molecule has 13 nitrogen and oxygen atoms in total. The van der Waals surface area contributed by atoms with Crippen LogP contribution in [0.2, 0.25) is 0 Å². The molecule has 1 unspecified atom stereocenters. The molecule has 34 heavy (non-hydrogen) atoms. The second kappa shape index (κ2) is 10.7. The van der Waals surface area contributed by atoms with E-state index in [0.717, 1.165) is 35.6 Å². The zero-order chi connectivity index (χ0) is 24.8. The molecule has 3 heterocycles. The Labute approximate surface area is 192 Å². The molecule has 0 saturated carbocycles. The second-order valence-corrected chi connectivity index (χ2v) is 7.57. The van der Waals surface area contributed by atoms with Gasteiger partial charge in [0.15, 0.2) is 34.7 Å². The highest BCUT2D eigenvalue weighted by Gasteiger charge is 2.21. The Bertz CT molecular complexity index is 1300. The molecule has 0 aliphatic carbocycles. The van der Waals surface area contributed by atoms with Gasteiger partial charge in [0.25, 0.3) is 5.56 Å². The minimum atomic E-state index is -2.07. The third-order valence-electron chi connectivity index (χ3n) is 5.20. The number of para-hydroxylation sites is 2. The van der Waals surface area contributed by atoms with Crippen LogP contribution in [0.3, 0.4) is 0 Å². The molecular formula is C21H25N5O8.